The number of amides is 1. The van der Waals surface area contributed by atoms with Crippen LogP contribution in [0.2, 0.25) is 0 Å². The molecule has 9 nitrogen and oxygen atoms in total. The van der Waals surface area contributed by atoms with Gasteiger partial charge in [0.1, 0.15) is 0 Å². The summed E-state index contributed by atoms with van der Waals surface area (Å²) in [6, 6.07) is 3.38. The Kier molecular flexibility index (Phi) is 7.03. The monoisotopic (exact) mass is 402 g/mol. The van der Waals surface area contributed by atoms with Crippen molar-refractivity contribution in [3.8, 4) is 0 Å². The predicted octanol–water partition coefficient (Wildman–Crippen LogP) is 0.0395. The summed E-state index contributed by atoms with van der Waals surface area (Å²) in [5.74, 6) is 0.545. The van der Waals surface area contributed by atoms with Gasteiger partial charge in [0.15, 0.2) is 0 Å². The minimum absolute atomic E-state index is 0.0756. The Hall–Kier alpha value is -2.68. The van der Waals surface area contributed by atoms with Crippen molar-refractivity contribution >= 4 is 5.91 Å². The largest absolute Gasteiger partial charge is 0.356 e. The van der Waals surface area contributed by atoms with Gasteiger partial charge in [0.25, 0.3) is 5.56 Å². The van der Waals surface area contributed by atoms with E-state index in [1.807, 2.05) is 13.1 Å². The topological polar surface area (TPSA) is 105 Å². The summed E-state index contributed by atoms with van der Waals surface area (Å²) in [4.78, 5) is 40.9. The molecule has 0 bridgehead atoms. The highest BCUT2D eigenvalue weighted by atomic mass is 16.2. The zero-order valence-corrected chi connectivity index (χ0v) is 17.2. The van der Waals surface area contributed by atoms with Crippen LogP contribution in [0, 0.1) is 12.8 Å². The Morgan fingerprint density at radius 1 is 1.28 bits per heavy atom. The maximum Gasteiger partial charge on any atom is 0.328 e. The summed E-state index contributed by atoms with van der Waals surface area (Å²) in [5.41, 5.74) is 1.04. The summed E-state index contributed by atoms with van der Waals surface area (Å²) in [6.07, 6.45) is 4.91. The molecule has 2 N–H and O–H groups in total. The van der Waals surface area contributed by atoms with E-state index >= 15 is 0 Å². The van der Waals surface area contributed by atoms with Crippen LogP contribution in [0.5, 0.6) is 0 Å². The first-order chi connectivity index (χ1) is 13.9. The molecule has 1 saturated heterocycles. The lowest BCUT2D eigenvalue weighted by Gasteiger charge is -2.32. The lowest BCUT2D eigenvalue weighted by molar-refractivity contribution is -0.121. The van der Waals surface area contributed by atoms with Crippen LogP contribution in [0.15, 0.2) is 27.9 Å². The number of nitrogens with zero attached hydrogens (tertiary/aromatic N) is 4. The minimum Gasteiger partial charge on any atom is -0.356 e. The number of aromatic nitrogens is 4. The lowest BCUT2D eigenvalue weighted by atomic mass is 9.96. The highest BCUT2D eigenvalue weighted by Gasteiger charge is 2.20. The van der Waals surface area contributed by atoms with Gasteiger partial charge >= 0.3 is 5.69 Å². The van der Waals surface area contributed by atoms with Gasteiger partial charge < -0.3 is 15.2 Å². The number of H-pyrrole nitrogens is 1. The molecule has 1 aliphatic heterocycles. The van der Waals surface area contributed by atoms with E-state index < -0.39 is 0 Å². The molecule has 1 amide bonds. The minimum atomic E-state index is -0.348. The molecule has 0 atom stereocenters. The van der Waals surface area contributed by atoms with Gasteiger partial charge in [0, 0.05) is 56.8 Å². The van der Waals surface area contributed by atoms with E-state index in [4.69, 9.17) is 0 Å². The summed E-state index contributed by atoms with van der Waals surface area (Å²) in [7, 11) is 1.88. The smallest absolute Gasteiger partial charge is 0.328 e. The molecule has 1 fully saturated rings. The van der Waals surface area contributed by atoms with Crippen molar-refractivity contribution in [3.63, 3.8) is 0 Å². The lowest BCUT2D eigenvalue weighted by Crippen LogP contribution is -2.42. The van der Waals surface area contributed by atoms with Crippen LogP contribution in [0.25, 0.3) is 0 Å². The van der Waals surface area contributed by atoms with Crippen LogP contribution in [0.1, 0.15) is 30.7 Å². The molecule has 0 unspecified atom stereocenters. The molecule has 2 aromatic heterocycles. The van der Waals surface area contributed by atoms with Crippen molar-refractivity contribution in [2.75, 3.05) is 26.2 Å². The number of hydrogen-bond acceptors (Lipinski definition) is 5. The normalized spacial score (nSPS) is 15.5. The summed E-state index contributed by atoms with van der Waals surface area (Å²) >= 11 is 0. The molecule has 3 rings (SSSR count). The molecule has 2 aromatic rings. The molecular weight excluding hydrogens is 372 g/mol. The Bertz CT molecular complexity index is 905. The van der Waals surface area contributed by atoms with Gasteiger partial charge in [-0.05, 0) is 51.3 Å². The van der Waals surface area contributed by atoms with Gasteiger partial charge in [-0.2, -0.15) is 5.10 Å². The van der Waals surface area contributed by atoms with E-state index in [-0.39, 0.29) is 17.2 Å². The van der Waals surface area contributed by atoms with E-state index in [1.165, 1.54) is 10.6 Å². The SMILES string of the molecule is Cc1cc(=O)n(CCN2CCC(CNC(=O)CCc3ccnn3C)CC2)c(=O)[nH]1. The summed E-state index contributed by atoms with van der Waals surface area (Å²) in [6.45, 7) is 5.30. The number of aryl methyl sites for hydroxylation is 3. The second-order valence-corrected chi connectivity index (χ2v) is 7.78. The van der Waals surface area contributed by atoms with Crippen molar-refractivity contribution in [1.82, 2.24) is 29.5 Å². The van der Waals surface area contributed by atoms with Crippen molar-refractivity contribution < 1.29 is 4.79 Å². The number of aromatic amines is 1. The molecule has 0 aromatic carbocycles. The fraction of sp³-hybridized carbons (Fsp3) is 0.600. The van der Waals surface area contributed by atoms with Crippen molar-refractivity contribution in [2.45, 2.75) is 39.2 Å². The Morgan fingerprint density at radius 2 is 2.03 bits per heavy atom. The molecule has 3 heterocycles. The van der Waals surface area contributed by atoms with Gasteiger partial charge in [0.2, 0.25) is 5.91 Å². The third-order valence-electron chi connectivity index (χ3n) is 5.62. The van der Waals surface area contributed by atoms with Gasteiger partial charge in [-0.1, -0.05) is 0 Å². The standard InChI is InChI=1S/C20H30N6O3/c1-15-13-19(28)26(20(29)23-15)12-11-25-9-6-16(7-10-25)14-21-18(27)4-3-17-5-8-22-24(17)2/h5,8,13,16H,3-4,6-7,9-12,14H2,1-2H3,(H,21,27)(H,23,29). The number of carbonyl (C=O) groups is 1. The maximum atomic E-state index is 12.1. The average molecular weight is 402 g/mol. The molecule has 1 aliphatic rings. The maximum absolute atomic E-state index is 12.1. The van der Waals surface area contributed by atoms with Crippen LogP contribution >= 0.6 is 0 Å². The first-order valence-electron chi connectivity index (χ1n) is 10.2. The van der Waals surface area contributed by atoms with Crippen LogP contribution in [0.4, 0.5) is 0 Å². The summed E-state index contributed by atoms with van der Waals surface area (Å²) in [5, 5.41) is 7.16. The average Bonchev–Trinajstić information content (AvgIpc) is 3.09. The van der Waals surface area contributed by atoms with Crippen molar-refractivity contribution in [1.29, 1.82) is 0 Å². The van der Waals surface area contributed by atoms with Gasteiger partial charge in [0.05, 0.1) is 0 Å². The quantitative estimate of drug-likeness (QED) is 0.649. The second kappa shape index (κ2) is 9.69. The first-order valence-corrected chi connectivity index (χ1v) is 10.2. The first kappa shape index (κ1) is 21.0. The van der Waals surface area contributed by atoms with E-state index in [9.17, 15) is 14.4 Å². The zero-order valence-electron chi connectivity index (χ0n) is 17.2. The van der Waals surface area contributed by atoms with Crippen LogP contribution in [-0.4, -0.2) is 56.3 Å². The fourth-order valence-corrected chi connectivity index (χ4v) is 3.74. The van der Waals surface area contributed by atoms with E-state index in [0.29, 0.717) is 44.1 Å². The van der Waals surface area contributed by atoms with Crippen molar-refractivity contribution in [3.05, 3.63) is 50.6 Å². The van der Waals surface area contributed by atoms with E-state index in [2.05, 4.69) is 20.3 Å². The molecule has 29 heavy (non-hydrogen) atoms. The highest BCUT2D eigenvalue weighted by molar-refractivity contribution is 5.76. The zero-order chi connectivity index (χ0) is 20.8. The van der Waals surface area contributed by atoms with Gasteiger partial charge in [-0.3, -0.25) is 18.8 Å². The molecule has 0 saturated carbocycles. The molecular formula is C20H30N6O3. The highest BCUT2D eigenvalue weighted by Crippen LogP contribution is 2.16. The molecule has 0 spiro atoms. The Morgan fingerprint density at radius 3 is 2.69 bits per heavy atom. The second-order valence-electron chi connectivity index (χ2n) is 7.78. The molecule has 158 valence electrons. The third-order valence-corrected chi connectivity index (χ3v) is 5.62. The van der Waals surface area contributed by atoms with E-state index in [1.54, 1.807) is 17.8 Å². The van der Waals surface area contributed by atoms with Crippen LogP contribution in [-0.2, 0) is 24.8 Å². The number of nitrogens with one attached hydrogen (secondary N) is 2. The fourth-order valence-electron chi connectivity index (χ4n) is 3.74. The number of piperidine rings is 1. The number of hydrogen-bond donors (Lipinski definition) is 2. The number of carbonyl (C=O) groups excluding carboxylic acids is 1. The number of rotatable bonds is 8. The summed E-state index contributed by atoms with van der Waals surface area (Å²) < 4.78 is 3.04. The molecule has 0 radical (unpaired) electrons. The number of likely N-dealkylation sites (tertiary alicyclic amines) is 1. The van der Waals surface area contributed by atoms with Gasteiger partial charge in [-0.15, -0.1) is 0 Å². The Labute approximate surface area is 169 Å². The predicted molar refractivity (Wildman–Crippen MR) is 110 cm³/mol. The Balaban J connectivity index is 1.35. The van der Waals surface area contributed by atoms with Crippen LogP contribution in [0.3, 0.4) is 0 Å². The van der Waals surface area contributed by atoms with Crippen molar-refractivity contribution in [2.24, 2.45) is 13.0 Å². The van der Waals surface area contributed by atoms with Crippen LogP contribution < -0.4 is 16.6 Å². The van der Waals surface area contributed by atoms with Gasteiger partial charge in [-0.25, -0.2) is 4.79 Å². The molecule has 0 aliphatic carbocycles. The third kappa shape index (κ3) is 5.90. The molecule has 9 heteroatoms. The van der Waals surface area contributed by atoms with E-state index in [0.717, 1.165) is 31.6 Å².